The summed E-state index contributed by atoms with van der Waals surface area (Å²) in [6, 6.07) is 5.43. The van der Waals surface area contributed by atoms with Gasteiger partial charge in [-0.2, -0.15) is 0 Å². The van der Waals surface area contributed by atoms with Crippen LogP contribution in [0.4, 0.5) is 0 Å². The molecule has 0 saturated carbocycles. The molecule has 6 nitrogen and oxygen atoms in total. The standard InChI is InChI=1S/C18H19N3O3/c22-16(21-9-11-24-12-10-21)8-3-1-2-5-14-6-4-7-15-17(14)18(23)20-13-19-15/h4,6-7,13H,1,3,8-12H2,(H,19,20,23). The molecule has 1 aromatic heterocycles. The first-order valence-corrected chi connectivity index (χ1v) is 8.06. The van der Waals surface area contributed by atoms with Crippen LogP contribution in [0.15, 0.2) is 29.3 Å². The summed E-state index contributed by atoms with van der Waals surface area (Å²) in [6.07, 6.45) is 3.21. The minimum atomic E-state index is -0.188. The molecule has 1 aromatic carbocycles. The molecule has 2 heterocycles. The van der Waals surface area contributed by atoms with Crippen LogP contribution in [0.25, 0.3) is 10.9 Å². The molecule has 0 radical (unpaired) electrons. The molecule has 1 saturated heterocycles. The van der Waals surface area contributed by atoms with Crippen LogP contribution >= 0.6 is 0 Å². The van der Waals surface area contributed by atoms with E-state index in [9.17, 15) is 9.59 Å². The maximum atomic E-state index is 12.0. The van der Waals surface area contributed by atoms with Crippen LogP contribution in [0.2, 0.25) is 0 Å². The Labute approximate surface area is 139 Å². The molecule has 1 N–H and O–H groups in total. The third-order valence-corrected chi connectivity index (χ3v) is 3.95. The second kappa shape index (κ2) is 7.75. The zero-order chi connectivity index (χ0) is 16.8. The Hall–Kier alpha value is -2.65. The van der Waals surface area contributed by atoms with Gasteiger partial charge in [0, 0.05) is 31.5 Å². The van der Waals surface area contributed by atoms with Crippen molar-refractivity contribution in [2.24, 2.45) is 0 Å². The number of rotatable bonds is 3. The molecule has 1 amide bonds. The number of nitrogens with one attached hydrogen (secondary N) is 1. The highest BCUT2D eigenvalue weighted by Crippen LogP contribution is 2.11. The highest BCUT2D eigenvalue weighted by atomic mass is 16.5. The first-order valence-electron chi connectivity index (χ1n) is 8.06. The molecular formula is C18H19N3O3. The van der Waals surface area contributed by atoms with Gasteiger partial charge in [0.25, 0.3) is 5.56 Å². The fourth-order valence-corrected chi connectivity index (χ4v) is 2.68. The van der Waals surface area contributed by atoms with Gasteiger partial charge >= 0.3 is 0 Å². The van der Waals surface area contributed by atoms with Crippen LogP contribution in [0.3, 0.4) is 0 Å². The fraction of sp³-hybridized carbons (Fsp3) is 0.389. The average molecular weight is 325 g/mol. The van der Waals surface area contributed by atoms with E-state index in [0.717, 1.165) is 0 Å². The number of morpholine rings is 1. The fourth-order valence-electron chi connectivity index (χ4n) is 2.68. The average Bonchev–Trinajstić information content (AvgIpc) is 2.62. The second-order valence-corrected chi connectivity index (χ2v) is 5.58. The maximum absolute atomic E-state index is 12.0. The first kappa shape index (κ1) is 16.2. The number of fused-ring (bicyclic) bond motifs is 1. The van der Waals surface area contributed by atoms with Gasteiger partial charge in [-0.1, -0.05) is 17.9 Å². The molecule has 0 spiro atoms. The Balaban J connectivity index is 1.58. The molecule has 3 rings (SSSR count). The van der Waals surface area contributed by atoms with Gasteiger partial charge in [0.15, 0.2) is 0 Å². The summed E-state index contributed by atoms with van der Waals surface area (Å²) in [6.45, 7) is 2.59. The molecule has 24 heavy (non-hydrogen) atoms. The van der Waals surface area contributed by atoms with E-state index in [4.69, 9.17) is 4.74 Å². The van der Waals surface area contributed by atoms with Crippen molar-refractivity contribution < 1.29 is 9.53 Å². The van der Waals surface area contributed by atoms with Crippen molar-refractivity contribution in [3.05, 3.63) is 40.4 Å². The van der Waals surface area contributed by atoms with Crippen LogP contribution in [0.1, 0.15) is 24.8 Å². The van der Waals surface area contributed by atoms with E-state index in [1.807, 2.05) is 17.0 Å². The Morgan fingerprint density at radius 1 is 1.33 bits per heavy atom. The molecule has 0 unspecified atom stereocenters. The number of hydrogen-bond acceptors (Lipinski definition) is 4. The molecule has 1 aliphatic heterocycles. The van der Waals surface area contributed by atoms with Crippen LogP contribution in [0.5, 0.6) is 0 Å². The topological polar surface area (TPSA) is 75.3 Å². The Kier molecular flexibility index (Phi) is 5.24. The molecule has 0 aliphatic carbocycles. The zero-order valence-electron chi connectivity index (χ0n) is 13.4. The summed E-state index contributed by atoms with van der Waals surface area (Å²) < 4.78 is 5.24. The van der Waals surface area contributed by atoms with Gasteiger partial charge in [0.05, 0.1) is 30.4 Å². The summed E-state index contributed by atoms with van der Waals surface area (Å²) in [5.41, 5.74) is 1.11. The maximum Gasteiger partial charge on any atom is 0.259 e. The van der Waals surface area contributed by atoms with E-state index in [0.29, 0.717) is 62.0 Å². The summed E-state index contributed by atoms with van der Waals surface area (Å²) in [4.78, 5) is 32.5. The van der Waals surface area contributed by atoms with Gasteiger partial charge in [-0.05, 0) is 18.6 Å². The van der Waals surface area contributed by atoms with Crippen molar-refractivity contribution >= 4 is 16.8 Å². The zero-order valence-corrected chi connectivity index (χ0v) is 13.4. The SMILES string of the molecule is O=C(CCCC#Cc1cccc2nc[nH]c(=O)c12)N1CCOCC1. The predicted molar refractivity (Wildman–Crippen MR) is 90.5 cm³/mol. The Bertz CT molecular complexity index is 836. The smallest absolute Gasteiger partial charge is 0.259 e. The Morgan fingerprint density at radius 2 is 2.17 bits per heavy atom. The summed E-state index contributed by atoms with van der Waals surface area (Å²) in [5, 5.41) is 0.511. The number of hydrogen-bond donors (Lipinski definition) is 1. The lowest BCUT2D eigenvalue weighted by Gasteiger charge is -2.26. The lowest BCUT2D eigenvalue weighted by Crippen LogP contribution is -2.40. The lowest BCUT2D eigenvalue weighted by molar-refractivity contribution is -0.135. The van der Waals surface area contributed by atoms with Gasteiger partial charge in [-0.15, -0.1) is 0 Å². The van der Waals surface area contributed by atoms with Gasteiger partial charge in [-0.3, -0.25) is 9.59 Å². The van der Waals surface area contributed by atoms with Crippen LogP contribution in [-0.2, 0) is 9.53 Å². The van der Waals surface area contributed by atoms with E-state index in [-0.39, 0.29) is 11.5 Å². The quantitative estimate of drug-likeness (QED) is 0.682. The molecule has 6 heteroatoms. The first-order chi connectivity index (χ1) is 11.8. The monoisotopic (exact) mass is 325 g/mol. The van der Waals surface area contributed by atoms with Crippen molar-refractivity contribution in [3.63, 3.8) is 0 Å². The third kappa shape index (κ3) is 3.81. The number of amides is 1. The number of unbranched alkanes of at least 4 members (excludes halogenated alkanes) is 1. The number of carbonyl (C=O) groups is 1. The minimum Gasteiger partial charge on any atom is -0.378 e. The number of H-pyrrole nitrogens is 1. The molecule has 2 aromatic rings. The van der Waals surface area contributed by atoms with Gasteiger partial charge in [0.1, 0.15) is 0 Å². The van der Waals surface area contributed by atoms with E-state index < -0.39 is 0 Å². The number of benzene rings is 1. The molecule has 124 valence electrons. The Morgan fingerprint density at radius 3 is 3.00 bits per heavy atom. The normalized spacial score (nSPS) is 14.2. The molecular weight excluding hydrogens is 306 g/mol. The molecule has 0 atom stereocenters. The summed E-state index contributed by atoms with van der Waals surface area (Å²) in [5.74, 6) is 6.24. The van der Waals surface area contributed by atoms with Crippen molar-refractivity contribution in [2.45, 2.75) is 19.3 Å². The number of carbonyl (C=O) groups excluding carboxylic acids is 1. The van der Waals surface area contributed by atoms with Crippen molar-refractivity contribution in [1.29, 1.82) is 0 Å². The lowest BCUT2D eigenvalue weighted by atomic mass is 10.1. The van der Waals surface area contributed by atoms with Crippen molar-refractivity contribution in [2.75, 3.05) is 26.3 Å². The number of ether oxygens (including phenoxy) is 1. The van der Waals surface area contributed by atoms with Gasteiger partial charge in [-0.25, -0.2) is 4.98 Å². The summed E-state index contributed by atoms with van der Waals surface area (Å²) >= 11 is 0. The predicted octanol–water partition coefficient (Wildman–Crippen LogP) is 1.30. The van der Waals surface area contributed by atoms with Gasteiger partial charge in [0.2, 0.25) is 5.91 Å². The summed E-state index contributed by atoms with van der Waals surface area (Å²) in [7, 11) is 0. The second-order valence-electron chi connectivity index (χ2n) is 5.58. The number of aromatic amines is 1. The van der Waals surface area contributed by atoms with Crippen molar-refractivity contribution in [3.8, 4) is 11.8 Å². The number of aromatic nitrogens is 2. The molecule has 1 fully saturated rings. The van der Waals surface area contributed by atoms with Crippen molar-refractivity contribution in [1.82, 2.24) is 14.9 Å². The van der Waals surface area contributed by atoms with Crippen LogP contribution in [-0.4, -0.2) is 47.1 Å². The van der Waals surface area contributed by atoms with Crippen LogP contribution in [0, 0.1) is 11.8 Å². The van der Waals surface area contributed by atoms with Crippen LogP contribution < -0.4 is 5.56 Å². The highest BCUT2D eigenvalue weighted by Gasteiger charge is 2.15. The van der Waals surface area contributed by atoms with E-state index in [1.165, 1.54) is 6.33 Å². The minimum absolute atomic E-state index is 0.158. The third-order valence-electron chi connectivity index (χ3n) is 3.95. The van der Waals surface area contributed by atoms with Gasteiger partial charge < -0.3 is 14.6 Å². The number of nitrogens with zero attached hydrogens (tertiary/aromatic N) is 2. The largest absolute Gasteiger partial charge is 0.378 e. The van der Waals surface area contributed by atoms with E-state index >= 15 is 0 Å². The van der Waals surface area contributed by atoms with E-state index in [2.05, 4.69) is 21.8 Å². The highest BCUT2D eigenvalue weighted by molar-refractivity contribution is 5.83. The molecule has 0 bridgehead atoms. The molecule has 1 aliphatic rings. The van der Waals surface area contributed by atoms with E-state index in [1.54, 1.807) is 6.07 Å².